The molecule has 1 atom stereocenters. The van der Waals surface area contributed by atoms with Crippen molar-refractivity contribution in [3.63, 3.8) is 0 Å². The number of ether oxygens (including phenoxy) is 1. The Balaban J connectivity index is 1.87. The first-order valence-corrected chi connectivity index (χ1v) is 8.10. The Hall–Kier alpha value is -1.19. The number of halogens is 2. The van der Waals surface area contributed by atoms with Crippen molar-refractivity contribution in [3.8, 4) is 5.75 Å². The van der Waals surface area contributed by atoms with Crippen LogP contribution in [0.25, 0.3) is 0 Å². The Labute approximate surface area is 139 Å². The van der Waals surface area contributed by atoms with Crippen LogP contribution >= 0.6 is 27.5 Å². The quantitative estimate of drug-likeness (QED) is 0.722. The van der Waals surface area contributed by atoms with E-state index in [9.17, 15) is 0 Å². The Bertz CT molecular complexity index is 586. The molecule has 1 N–H and O–H groups in total. The van der Waals surface area contributed by atoms with Gasteiger partial charge in [-0.25, -0.2) is 0 Å². The zero-order valence-corrected chi connectivity index (χ0v) is 14.5. The average molecular weight is 369 g/mol. The van der Waals surface area contributed by atoms with Crippen molar-refractivity contribution in [2.75, 3.05) is 12.4 Å². The SMILES string of the molecule is COc1ccc(CCC(C)Nc2ccc(Cl)cc2Br)cc1. The lowest BCUT2D eigenvalue weighted by Crippen LogP contribution is -2.16. The summed E-state index contributed by atoms with van der Waals surface area (Å²) in [5, 5.41) is 4.23. The van der Waals surface area contributed by atoms with Crippen LogP contribution in [0.5, 0.6) is 5.75 Å². The van der Waals surface area contributed by atoms with E-state index in [0.717, 1.165) is 33.8 Å². The fourth-order valence-corrected chi connectivity index (χ4v) is 2.92. The molecule has 21 heavy (non-hydrogen) atoms. The second kappa shape index (κ2) is 7.71. The van der Waals surface area contributed by atoms with Crippen LogP contribution in [-0.4, -0.2) is 13.2 Å². The highest BCUT2D eigenvalue weighted by atomic mass is 79.9. The maximum Gasteiger partial charge on any atom is 0.118 e. The average Bonchev–Trinajstić information content (AvgIpc) is 2.48. The number of nitrogens with one attached hydrogen (secondary N) is 1. The summed E-state index contributed by atoms with van der Waals surface area (Å²) in [6.07, 6.45) is 2.09. The summed E-state index contributed by atoms with van der Waals surface area (Å²) in [7, 11) is 1.69. The molecule has 0 spiro atoms. The van der Waals surface area contributed by atoms with Crippen molar-refractivity contribution in [3.05, 3.63) is 57.5 Å². The van der Waals surface area contributed by atoms with Gasteiger partial charge in [0.25, 0.3) is 0 Å². The first-order valence-electron chi connectivity index (χ1n) is 6.93. The van der Waals surface area contributed by atoms with Gasteiger partial charge in [-0.1, -0.05) is 23.7 Å². The molecule has 0 radical (unpaired) electrons. The summed E-state index contributed by atoms with van der Waals surface area (Å²) in [5.74, 6) is 0.898. The summed E-state index contributed by atoms with van der Waals surface area (Å²) in [4.78, 5) is 0. The largest absolute Gasteiger partial charge is 0.497 e. The minimum absolute atomic E-state index is 0.379. The second-order valence-electron chi connectivity index (χ2n) is 5.06. The van der Waals surface area contributed by atoms with Gasteiger partial charge in [-0.3, -0.25) is 0 Å². The molecular weight excluding hydrogens is 350 g/mol. The number of hydrogen-bond donors (Lipinski definition) is 1. The molecular formula is C17H19BrClNO. The van der Waals surface area contributed by atoms with Gasteiger partial charge in [0.1, 0.15) is 5.75 Å². The lowest BCUT2D eigenvalue weighted by atomic mass is 10.1. The molecule has 0 saturated heterocycles. The standard InChI is InChI=1S/C17H19BrClNO/c1-12(20-17-10-7-14(19)11-16(17)18)3-4-13-5-8-15(21-2)9-6-13/h5-12,20H,3-4H2,1-2H3. The van der Waals surface area contributed by atoms with Crippen LogP contribution in [0.15, 0.2) is 46.9 Å². The van der Waals surface area contributed by atoms with Gasteiger partial charge >= 0.3 is 0 Å². The van der Waals surface area contributed by atoms with Gasteiger partial charge in [0.05, 0.1) is 7.11 Å². The second-order valence-corrected chi connectivity index (χ2v) is 6.35. The van der Waals surface area contributed by atoms with Crippen LogP contribution in [0.1, 0.15) is 18.9 Å². The van der Waals surface area contributed by atoms with Crippen LogP contribution in [-0.2, 0) is 6.42 Å². The minimum Gasteiger partial charge on any atom is -0.497 e. The number of rotatable bonds is 6. The predicted molar refractivity (Wildman–Crippen MR) is 93.6 cm³/mol. The molecule has 2 nitrogen and oxygen atoms in total. The molecule has 0 fully saturated rings. The molecule has 0 saturated carbocycles. The molecule has 1 unspecified atom stereocenters. The topological polar surface area (TPSA) is 21.3 Å². The van der Waals surface area contributed by atoms with Crippen LogP contribution < -0.4 is 10.1 Å². The molecule has 0 aliphatic heterocycles. The first kappa shape index (κ1) is 16.2. The molecule has 0 aliphatic carbocycles. The Morgan fingerprint density at radius 3 is 2.52 bits per heavy atom. The summed E-state index contributed by atoms with van der Waals surface area (Å²) < 4.78 is 6.16. The van der Waals surface area contributed by atoms with Crippen LogP contribution in [0.4, 0.5) is 5.69 Å². The summed E-state index contributed by atoms with van der Waals surface area (Å²) >= 11 is 9.48. The smallest absolute Gasteiger partial charge is 0.118 e. The zero-order chi connectivity index (χ0) is 15.2. The normalized spacial score (nSPS) is 12.0. The lowest BCUT2D eigenvalue weighted by molar-refractivity contribution is 0.414. The van der Waals surface area contributed by atoms with Gasteiger partial charge in [0.15, 0.2) is 0 Å². The van der Waals surface area contributed by atoms with E-state index in [1.54, 1.807) is 7.11 Å². The summed E-state index contributed by atoms with van der Waals surface area (Å²) in [6, 6.07) is 14.4. The Morgan fingerprint density at radius 2 is 1.90 bits per heavy atom. The van der Waals surface area contributed by atoms with E-state index in [-0.39, 0.29) is 0 Å². The van der Waals surface area contributed by atoms with Crippen molar-refractivity contribution < 1.29 is 4.74 Å². The van der Waals surface area contributed by atoms with E-state index >= 15 is 0 Å². The van der Waals surface area contributed by atoms with Crippen molar-refractivity contribution >= 4 is 33.2 Å². The Morgan fingerprint density at radius 1 is 1.19 bits per heavy atom. The van der Waals surface area contributed by atoms with Crippen LogP contribution in [0.3, 0.4) is 0 Å². The maximum absolute atomic E-state index is 5.95. The predicted octanol–water partition coefficient (Wildman–Crippen LogP) is 5.54. The zero-order valence-electron chi connectivity index (χ0n) is 12.2. The van der Waals surface area contributed by atoms with Crippen molar-refractivity contribution in [2.24, 2.45) is 0 Å². The number of hydrogen-bond acceptors (Lipinski definition) is 2. The molecule has 4 heteroatoms. The molecule has 2 aromatic rings. The monoisotopic (exact) mass is 367 g/mol. The highest BCUT2D eigenvalue weighted by molar-refractivity contribution is 9.10. The van der Waals surface area contributed by atoms with Gasteiger partial charge in [-0.2, -0.15) is 0 Å². The van der Waals surface area contributed by atoms with Gasteiger partial charge in [-0.05, 0) is 71.6 Å². The highest BCUT2D eigenvalue weighted by Crippen LogP contribution is 2.27. The molecule has 0 amide bonds. The lowest BCUT2D eigenvalue weighted by Gasteiger charge is -2.16. The Kier molecular flexibility index (Phi) is 5.95. The van der Waals surface area contributed by atoms with Crippen LogP contribution in [0, 0.1) is 0 Å². The molecule has 0 bridgehead atoms. The van der Waals surface area contributed by atoms with E-state index < -0.39 is 0 Å². The highest BCUT2D eigenvalue weighted by Gasteiger charge is 2.06. The molecule has 0 aliphatic rings. The van der Waals surface area contributed by atoms with Gasteiger partial charge in [0.2, 0.25) is 0 Å². The van der Waals surface area contributed by atoms with E-state index in [0.29, 0.717) is 6.04 Å². The number of benzene rings is 2. The third kappa shape index (κ3) is 4.94. The first-order chi connectivity index (χ1) is 10.1. The third-order valence-electron chi connectivity index (χ3n) is 3.36. The van der Waals surface area contributed by atoms with E-state index in [1.165, 1.54) is 5.56 Å². The molecule has 0 aromatic heterocycles. The van der Waals surface area contributed by atoms with Gasteiger partial charge in [0, 0.05) is 21.2 Å². The van der Waals surface area contributed by atoms with E-state index in [2.05, 4.69) is 40.3 Å². The minimum atomic E-state index is 0.379. The van der Waals surface area contributed by atoms with Gasteiger partial charge < -0.3 is 10.1 Å². The van der Waals surface area contributed by atoms with Crippen molar-refractivity contribution in [2.45, 2.75) is 25.8 Å². The van der Waals surface area contributed by atoms with Crippen LogP contribution in [0.2, 0.25) is 5.02 Å². The van der Waals surface area contributed by atoms with Crippen molar-refractivity contribution in [1.82, 2.24) is 0 Å². The third-order valence-corrected chi connectivity index (χ3v) is 4.25. The number of aryl methyl sites for hydroxylation is 1. The molecule has 112 valence electrons. The van der Waals surface area contributed by atoms with E-state index in [1.807, 2.05) is 30.3 Å². The van der Waals surface area contributed by atoms with Gasteiger partial charge in [-0.15, -0.1) is 0 Å². The van der Waals surface area contributed by atoms with Crippen molar-refractivity contribution in [1.29, 1.82) is 0 Å². The maximum atomic E-state index is 5.95. The fourth-order valence-electron chi connectivity index (χ4n) is 2.12. The fraction of sp³-hybridized carbons (Fsp3) is 0.294. The number of methoxy groups -OCH3 is 1. The number of anilines is 1. The van der Waals surface area contributed by atoms with E-state index in [4.69, 9.17) is 16.3 Å². The summed E-state index contributed by atoms with van der Waals surface area (Å²) in [6.45, 7) is 2.19. The molecule has 0 heterocycles. The molecule has 2 aromatic carbocycles. The summed E-state index contributed by atoms with van der Waals surface area (Å²) in [5.41, 5.74) is 2.39. The molecule has 2 rings (SSSR count).